The normalized spacial score (nSPS) is 9.94. The van der Waals surface area contributed by atoms with Crippen LogP contribution in [-0.2, 0) is 0 Å². The van der Waals surface area contributed by atoms with Gasteiger partial charge in [0.2, 0.25) is 0 Å². The Hall–Kier alpha value is -2.43. The Morgan fingerprint density at radius 3 is 2.82 bits per heavy atom. The van der Waals surface area contributed by atoms with E-state index in [1.807, 2.05) is 13.1 Å². The van der Waals surface area contributed by atoms with Crippen molar-refractivity contribution < 1.29 is 9.90 Å². The van der Waals surface area contributed by atoms with E-state index in [0.717, 1.165) is 5.69 Å². The fraction of sp³-hybridized carbons (Fsp3) is 0.0833. The van der Waals surface area contributed by atoms with E-state index in [9.17, 15) is 4.79 Å². The average Bonchev–Trinajstić information content (AvgIpc) is 2.39. The molecule has 0 unspecified atom stereocenters. The van der Waals surface area contributed by atoms with Crippen molar-refractivity contribution in [3.05, 3.63) is 48.4 Å². The lowest BCUT2D eigenvalue weighted by Gasteiger charge is -2.17. The molecule has 0 bridgehead atoms. The summed E-state index contributed by atoms with van der Waals surface area (Å²) in [4.78, 5) is 20.8. The SMILES string of the molecule is CN(c1cccc(C(=O)O)c1)c1cnccn1. The first kappa shape index (κ1) is 11.1. The molecule has 5 nitrogen and oxygen atoms in total. The number of aromatic nitrogens is 2. The van der Waals surface area contributed by atoms with Crippen LogP contribution < -0.4 is 4.90 Å². The fourth-order valence-corrected chi connectivity index (χ4v) is 1.44. The van der Waals surface area contributed by atoms with Gasteiger partial charge in [0.15, 0.2) is 5.82 Å². The summed E-state index contributed by atoms with van der Waals surface area (Å²) >= 11 is 0. The second-order valence-corrected chi connectivity index (χ2v) is 3.48. The van der Waals surface area contributed by atoms with Crippen LogP contribution in [0.1, 0.15) is 10.4 Å². The van der Waals surface area contributed by atoms with Crippen molar-refractivity contribution >= 4 is 17.5 Å². The number of carbonyl (C=O) groups is 1. The maximum atomic E-state index is 10.9. The molecule has 0 radical (unpaired) electrons. The highest BCUT2D eigenvalue weighted by Gasteiger charge is 2.08. The lowest BCUT2D eigenvalue weighted by atomic mass is 10.2. The van der Waals surface area contributed by atoms with E-state index in [1.165, 1.54) is 0 Å². The smallest absolute Gasteiger partial charge is 0.335 e. The number of rotatable bonds is 3. The predicted molar refractivity (Wildman–Crippen MR) is 63.5 cm³/mol. The highest BCUT2D eigenvalue weighted by atomic mass is 16.4. The Balaban J connectivity index is 2.34. The second-order valence-electron chi connectivity index (χ2n) is 3.48. The third-order valence-corrected chi connectivity index (χ3v) is 2.37. The molecule has 17 heavy (non-hydrogen) atoms. The first-order valence-corrected chi connectivity index (χ1v) is 5.01. The van der Waals surface area contributed by atoms with E-state index in [-0.39, 0.29) is 5.56 Å². The summed E-state index contributed by atoms with van der Waals surface area (Å²) in [7, 11) is 1.81. The van der Waals surface area contributed by atoms with Crippen molar-refractivity contribution in [1.82, 2.24) is 9.97 Å². The Bertz CT molecular complexity index is 528. The summed E-state index contributed by atoms with van der Waals surface area (Å²) in [6.07, 6.45) is 4.80. The summed E-state index contributed by atoms with van der Waals surface area (Å²) in [5.41, 5.74) is 1.00. The number of aromatic carboxylic acids is 1. The molecule has 0 aliphatic carbocycles. The summed E-state index contributed by atoms with van der Waals surface area (Å²) in [5, 5.41) is 8.92. The van der Waals surface area contributed by atoms with Gasteiger partial charge in [-0.25, -0.2) is 9.78 Å². The van der Waals surface area contributed by atoms with Gasteiger partial charge in [0.1, 0.15) is 0 Å². The predicted octanol–water partition coefficient (Wildman–Crippen LogP) is 1.94. The van der Waals surface area contributed by atoms with Crippen molar-refractivity contribution in [3.8, 4) is 0 Å². The molecule has 0 atom stereocenters. The molecule has 86 valence electrons. The van der Waals surface area contributed by atoms with E-state index in [2.05, 4.69) is 9.97 Å². The van der Waals surface area contributed by atoms with Gasteiger partial charge in [-0.2, -0.15) is 0 Å². The molecule has 0 spiro atoms. The molecule has 0 aliphatic rings. The van der Waals surface area contributed by atoms with Crippen LogP contribution in [0, 0.1) is 0 Å². The van der Waals surface area contributed by atoms with Crippen molar-refractivity contribution in [1.29, 1.82) is 0 Å². The van der Waals surface area contributed by atoms with Crippen LogP contribution in [0.3, 0.4) is 0 Å². The quantitative estimate of drug-likeness (QED) is 0.871. The standard InChI is InChI=1S/C12H11N3O2/c1-15(11-8-13-5-6-14-11)10-4-2-3-9(7-10)12(16)17/h2-8H,1H3,(H,16,17). The Morgan fingerprint density at radius 2 is 2.18 bits per heavy atom. The molecule has 2 rings (SSSR count). The zero-order valence-electron chi connectivity index (χ0n) is 9.24. The molecule has 0 saturated carbocycles. The first-order chi connectivity index (χ1) is 8.18. The van der Waals surface area contributed by atoms with Crippen molar-refractivity contribution in [2.24, 2.45) is 0 Å². The molecule has 1 N–H and O–H groups in total. The van der Waals surface area contributed by atoms with Gasteiger partial charge in [-0.05, 0) is 18.2 Å². The van der Waals surface area contributed by atoms with Crippen molar-refractivity contribution in [2.45, 2.75) is 0 Å². The summed E-state index contributed by atoms with van der Waals surface area (Å²) in [6.45, 7) is 0. The third kappa shape index (κ3) is 2.39. The van der Waals surface area contributed by atoms with Gasteiger partial charge in [0.25, 0.3) is 0 Å². The highest BCUT2D eigenvalue weighted by Crippen LogP contribution is 2.21. The molecule has 5 heteroatoms. The van der Waals surface area contributed by atoms with Crippen molar-refractivity contribution in [3.63, 3.8) is 0 Å². The number of hydrogen-bond donors (Lipinski definition) is 1. The summed E-state index contributed by atoms with van der Waals surface area (Å²) < 4.78 is 0. The van der Waals surface area contributed by atoms with Crippen LogP contribution in [0.2, 0.25) is 0 Å². The summed E-state index contributed by atoms with van der Waals surface area (Å²) in [6, 6.07) is 6.67. The number of carboxylic acids is 1. The Morgan fingerprint density at radius 1 is 1.35 bits per heavy atom. The van der Waals surface area contributed by atoms with Gasteiger partial charge in [-0.1, -0.05) is 6.07 Å². The van der Waals surface area contributed by atoms with Gasteiger partial charge in [0, 0.05) is 25.1 Å². The van der Waals surface area contributed by atoms with Gasteiger partial charge in [0.05, 0.1) is 11.8 Å². The number of nitrogens with zero attached hydrogens (tertiary/aromatic N) is 3. The van der Waals surface area contributed by atoms with Gasteiger partial charge < -0.3 is 10.0 Å². The molecule has 1 heterocycles. The lowest BCUT2D eigenvalue weighted by molar-refractivity contribution is 0.0697. The van der Waals surface area contributed by atoms with Gasteiger partial charge in [-0.15, -0.1) is 0 Å². The molecular weight excluding hydrogens is 218 g/mol. The molecule has 0 fully saturated rings. The number of anilines is 2. The minimum atomic E-state index is -0.945. The van der Waals surface area contributed by atoms with Crippen molar-refractivity contribution in [2.75, 3.05) is 11.9 Å². The number of benzene rings is 1. The molecule has 2 aromatic rings. The Kier molecular flexibility index (Phi) is 3.00. The fourth-order valence-electron chi connectivity index (χ4n) is 1.44. The van der Waals surface area contributed by atoms with E-state index in [1.54, 1.807) is 41.7 Å². The molecule has 0 saturated heterocycles. The monoisotopic (exact) mass is 229 g/mol. The van der Waals surface area contributed by atoms with Crippen LogP contribution in [0.25, 0.3) is 0 Å². The van der Waals surface area contributed by atoms with Crippen LogP contribution in [0.5, 0.6) is 0 Å². The van der Waals surface area contributed by atoms with E-state index in [4.69, 9.17) is 5.11 Å². The number of hydrogen-bond acceptors (Lipinski definition) is 4. The van der Waals surface area contributed by atoms with Crippen LogP contribution in [-0.4, -0.2) is 28.1 Å². The third-order valence-electron chi connectivity index (χ3n) is 2.37. The van der Waals surface area contributed by atoms with E-state index in [0.29, 0.717) is 5.82 Å². The maximum absolute atomic E-state index is 10.9. The molecule has 0 aliphatic heterocycles. The maximum Gasteiger partial charge on any atom is 0.335 e. The lowest BCUT2D eigenvalue weighted by Crippen LogP contribution is -2.12. The molecule has 1 aromatic carbocycles. The van der Waals surface area contributed by atoms with Gasteiger partial charge in [-0.3, -0.25) is 4.98 Å². The molecule has 0 amide bonds. The summed E-state index contributed by atoms with van der Waals surface area (Å²) in [5.74, 6) is -0.283. The minimum absolute atomic E-state index is 0.248. The minimum Gasteiger partial charge on any atom is -0.478 e. The average molecular weight is 229 g/mol. The van der Waals surface area contributed by atoms with E-state index < -0.39 is 5.97 Å². The zero-order valence-corrected chi connectivity index (χ0v) is 9.24. The Labute approximate surface area is 98.4 Å². The second kappa shape index (κ2) is 4.61. The van der Waals surface area contributed by atoms with Gasteiger partial charge >= 0.3 is 5.97 Å². The molecular formula is C12H11N3O2. The van der Waals surface area contributed by atoms with Crippen LogP contribution >= 0.6 is 0 Å². The topological polar surface area (TPSA) is 66.3 Å². The van der Waals surface area contributed by atoms with E-state index >= 15 is 0 Å². The number of carboxylic acid groups (broad SMARTS) is 1. The van der Waals surface area contributed by atoms with Crippen LogP contribution in [0.15, 0.2) is 42.9 Å². The van der Waals surface area contributed by atoms with Crippen LogP contribution in [0.4, 0.5) is 11.5 Å². The zero-order chi connectivity index (χ0) is 12.3. The largest absolute Gasteiger partial charge is 0.478 e. The highest BCUT2D eigenvalue weighted by molar-refractivity contribution is 5.89. The molecule has 1 aromatic heterocycles. The first-order valence-electron chi connectivity index (χ1n) is 5.01.